The first-order chi connectivity index (χ1) is 13.4. The zero-order valence-corrected chi connectivity index (χ0v) is 16.4. The quantitative estimate of drug-likeness (QED) is 0.635. The van der Waals surface area contributed by atoms with Gasteiger partial charge in [-0.25, -0.2) is 4.79 Å². The fourth-order valence-electron chi connectivity index (χ4n) is 2.77. The first kappa shape index (κ1) is 19.3. The van der Waals surface area contributed by atoms with Crippen LogP contribution in [0.15, 0.2) is 54.7 Å². The molecule has 1 aromatic heterocycles. The van der Waals surface area contributed by atoms with Crippen molar-refractivity contribution in [1.82, 2.24) is 15.2 Å². The fourth-order valence-corrected chi connectivity index (χ4v) is 2.77. The van der Waals surface area contributed by atoms with Gasteiger partial charge in [-0.3, -0.25) is 0 Å². The molecule has 2 N–H and O–H groups in total. The van der Waals surface area contributed by atoms with Crippen LogP contribution in [0.5, 0.6) is 0 Å². The van der Waals surface area contributed by atoms with Gasteiger partial charge in [-0.1, -0.05) is 45.0 Å². The third-order valence-corrected chi connectivity index (χ3v) is 4.10. The number of hydrogen-bond acceptors (Lipinski definition) is 7. The van der Waals surface area contributed by atoms with E-state index in [-0.39, 0.29) is 5.41 Å². The summed E-state index contributed by atoms with van der Waals surface area (Å²) in [6.45, 7) is 6.46. The normalized spacial score (nSPS) is 11.0. The molecule has 0 amide bonds. The molecule has 0 radical (unpaired) electrons. The molecule has 0 saturated carbocycles. The molecule has 7 nitrogen and oxygen atoms in total. The molecular formula is C21H23N5O2. The second kappa shape index (κ2) is 8.04. The zero-order chi connectivity index (χ0) is 20.1. The third kappa shape index (κ3) is 4.62. The number of rotatable bonds is 5. The van der Waals surface area contributed by atoms with Gasteiger partial charge < -0.3 is 15.4 Å². The lowest BCUT2D eigenvalue weighted by Gasteiger charge is -2.22. The number of ether oxygens (including phenoxy) is 1. The van der Waals surface area contributed by atoms with Gasteiger partial charge in [0.2, 0.25) is 5.95 Å². The first-order valence-electron chi connectivity index (χ1n) is 8.88. The molecule has 0 atom stereocenters. The summed E-state index contributed by atoms with van der Waals surface area (Å²) < 4.78 is 4.75. The topological polar surface area (TPSA) is 89.0 Å². The van der Waals surface area contributed by atoms with Gasteiger partial charge in [0.25, 0.3) is 0 Å². The Morgan fingerprint density at radius 1 is 1.04 bits per heavy atom. The van der Waals surface area contributed by atoms with Crippen molar-refractivity contribution in [2.24, 2.45) is 0 Å². The molecule has 7 heteroatoms. The number of nitrogens with one attached hydrogen (secondary N) is 2. The van der Waals surface area contributed by atoms with Crippen LogP contribution in [0.3, 0.4) is 0 Å². The minimum Gasteiger partial charge on any atom is -0.465 e. The molecule has 1 heterocycles. The summed E-state index contributed by atoms with van der Waals surface area (Å²) in [4.78, 5) is 16.2. The second-order valence-electron chi connectivity index (χ2n) is 7.28. The number of aromatic nitrogens is 3. The molecule has 0 saturated heterocycles. The molecule has 0 bridgehead atoms. The standard InChI is InChI=1S/C21H23N5O2/c1-21(2,3)16-10-5-6-11-17(16)24-20-25-18(13-22-26-20)23-15-9-7-8-14(12-15)19(27)28-4/h5-13H,1-4H3,(H2,23,24,25,26). The van der Waals surface area contributed by atoms with Crippen LogP contribution >= 0.6 is 0 Å². The summed E-state index contributed by atoms with van der Waals surface area (Å²) in [5, 5.41) is 14.5. The molecule has 3 rings (SSSR count). The van der Waals surface area contributed by atoms with Crippen molar-refractivity contribution in [1.29, 1.82) is 0 Å². The van der Waals surface area contributed by atoms with Crippen molar-refractivity contribution in [2.75, 3.05) is 17.7 Å². The van der Waals surface area contributed by atoms with E-state index in [1.165, 1.54) is 13.3 Å². The maximum Gasteiger partial charge on any atom is 0.337 e. The predicted molar refractivity (Wildman–Crippen MR) is 109 cm³/mol. The SMILES string of the molecule is COC(=O)c1cccc(Nc2cnnc(Nc3ccccc3C(C)(C)C)n2)c1. The number of benzene rings is 2. The van der Waals surface area contributed by atoms with Crippen molar-refractivity contribution in [3.05, 3.63) is 65.9 Å². The summed E-state index contributed by atoms with van der Waals surface area (Å²) in [5.41, 5.74) is 3.21. The van der Waals surface area contributed by atoms with Crippen LogP contribution in [-0.4, -0.2) is 28.3 Å². The van der Waals surface area contributed by atoms with Gasteiger partial charge in [0.05, 0.1) is 18.9 Å². The molecule has 0 aliphatic heterocycles. The Kier molecular flexibility index (Phi) is 5.54. The molecule has 0 aliphatic carbocycles. The van der Waals surface area contributed by atoms with Gasteiger partial charge in [-0.05, 0) is 35.2 Å². The zero-order valence-electron chi connectivity index (χ0n) is 16.4. The van der Waals surface area contributed by atoms with Gasteiger partial charge in [-0.2, -0.15) is 10.1 Å². The van der Waals surface area contributed by atoms with E-state index in [0.29, 0.717) is 23.0 Å². The number of hydrogen-bond donors (Lipinski definition) is 2. The van der Waals surface area contributed by atoms with Gasteiger partial charge in [0.1, 0.15) is 0 Å². The monoisotopic (exact) mass is 377 g/mol. The Labute approximate surface area is 164 Å². The Balaban J connectivity index is 1.82. The van der Waals surface area contributed by atoms with Crippen LogP contribution in [0.2, 0.25) is 0 Å². The minimum absolute atomic E-state index is 0.0266. The molecule has 3 aromatic rings. The molecule has 0 fully saturated rings. The molecular weight excluding hydrogens is 354 g/mol. The highest BCUT2D eigenvalue weighted by Gasteiger charge is 2.18. The number of carbonyl (C=O) groups excluding carboxylic acids is 1. The number of carbonyl (C=O) groups is 1. The van der Waals surface area contributed by atoms with Crippen molar-refractivity contribution in [2.45, 2.75) is 26.2 Å². The molecule has 0 spiro atoms. The Morgan fingerprint density at radius 3 is 2.57 bits per heavy atom. The summed E-state index contributed by atoms with van der Waals surface area (Å²) >= 11 is 0. The Hall–Kier alpha value is -3.48. The van der Waals surface area contributed by atoms with Gasteiger partial charge in [0.15, 0.2) is 5.82 Å². The van der Waals surface area contributed by atoms with E-state index in [1.54, 1.807) is 18.2 Å². The lowest BCUT2D eigenvalue weighted by molar-refractivity contribution is 0.0601. The van der Waals surface area contributed by atoms with Crippen molar-refractivity contribution in [3.8, 4) is 0 Å². The molecule has 144 valence electrons. The van der Waals surface area contributed by atoms with E-state index in [4.69, 9.17) is 4.74 Å². The minimum atomic E-state index is -0.398. The average molecular weight is 377 g/mol. The first-order valence-corrected chi connectivity index (χ1v) is 8.88. The highest BCUT2D eigenvalue weighted by molar-refractivity contribution is 5.90. The van der Waals surface area contributed by atoms with Crippen LogP contribution in [0, 0.1) is 0 Å². The Morgan fingerprint density at radius 2 is 1.82 bits per heavy atom. The van der Waals surface area contributed by atoms with E-state index < -0.39 is 5.97 Å². The van der Waals surface area contributed by atoms with Crippen molar-refractivity contribution < 1.29 is 9.53 Å². The highest BCUT2D eigenvalue weighted by Crippen LogP contribution is 2.30. The lowest BCUT2D eigenvalue weighted by Crippen LogP contribution is -2.14. The number of esters is 1. The van der Waals surface area contributed by atoms with E-state index in [0.717, 1.165) is 11.3 Å². The van der Waals surface area contributed by atoms with E-state index in [9.17, 15) is 4.79 Å². The van der Waals surface area contributed by atoms with Gasteiger partial charge >= 0.3 is 5.97 Å². The summed E-state index contributed by atoms with van der Waals surface area (Å²) in [6, 6.07) is 15.0. The van der Waals surface area contributed by atoms with Crippen LogP contribution in [0.1, 0.15) is 36.7 Å². The number of methoxy groups -OCH3 is 1. The molecule has 2 aromatic carbocycles. The van der Waals surface area contributed by atoms with Crippen molar-refractivity contribution in [3.63, 3.8) is 0 Å². The molecule has 0 unspecified atom stereocenters. The second-order valence-corrected chi connectivity index (χ2v) is 7.28. The third-order valence-electron chi connectivity index (χ3n) is 4.10. The number of nitrogens with zero attached hydrogens (tertiary/aromatic N) is 3. The summed E-state index contributed by atoms with van der Waals surface area (Å²) in [7, 11) is 1.35. The maximum atomic E-state index is 11.7. The fraction of sp³-hybridized carbons (Fsp3) is 0.238. The van der Waals surface area contributed by atoms with E-state index in [2.05, 4.69) is 52.7 Å². The van der Waals surface area contributed by atoms with Crippen molar-refractivity contribution >= 4 is 29.1 Å². The summed E-state index contributed by atoms with van der Waals surface area (Å²) in [6.07, 6.45) is 1.52. The summed E-state index contributed by atoms with van der Waals surface area (Å²) in [5.74, 6) is 0.490. The van der Waals surface area contributed by atoms with Gasteiger partial charge in [0, 0.05) is 11.4 Å². The van der Waals surface area contributed by atoms with Crippen LogP contribution < -0.4 is 10.6 Å². The number of para-hydroxylation sites is 1. The molecule has 0 aliphatic rings. The maximum absolute atomic E-state index is 11.7. The van der Waals surface area contributed by atoms with E-state index in [1.807, 2.05) is 24.3 Å². The van der Waals surface area contributed by atoms with E-state index >= 15 is 0 Å². The average Bonchev–Trinajstić information content (AvgIpc) is 2.67. The van der Waals surface area contributed by atoms with Crippen LogP contribution in [0.25, 0.3) is 0 Å². The number of anilines is 4. The highest BCUT2D eigenvalue weighted by atomic mass is 16.5. The van der Waals surface area contributed by atoms with Crippen LogP contribution in [-0.2, 0) is 10.2 Å². The lowest BCUT2D eigenvalue weighted by atomic mass is 9.86. The molecule has 28 heavy (non-hydrogen) atoms. The largest absolute Gasteiger partial charge is 0.465 e. The smallest absolute Gasteiger partial charge is 0.337 e. The predicted octanol–water partition coefficient (Wildman–Crippen LogP) is 4.44. The van der Waals surface area contributed by atoms with Gasteiger partial charge in [-0.15, -0.1) is 5.10 Å². The Bertz CT molecular complexity index is 982. The van der Waals surface area contributed by atoms with Crippen LogP contribution in [0.4, 0.5) is 23.1 Å².